The molecule has 3 fully saturated rings. The summed E-state index contributed by atoms with van der Waals surface area (Å²) >= 11 is 0.155. The Kier molecular flexibility index (Phi) is 13.1. The van der Waals surface area contributed by atoms with E-state index in [1.165, 1.54) is 89.2 Å². The third-order valence-electron chi connectivity index (χ3n) is 12.4. The molecule has 44 heavy (non-hydrogen) atoms. The molecule has 4 aliphatic rings. The lowest BCUT2D eigenvalue weighted by Crippen LogP contribution is -2.50. The lowest BCUT2D eigenvalue weighted by atomic mass is 9.47. The highest BCUT2D eigenvalue weighted by atomic mass is 33.1. The second-order valence-corrected chi connectivity index (χ2v) is 18.9. The predicted molar refractivity (Wildman–Crippen MR) is 188 cm³/mol. The zero-order valence-electron chi connectivity index (χ0n) is 28.7. The summed E-state index contributed by atoms with van der Waals surface area (Å²) in [7, 11) is 7.50. The minimum Gasteiger partial charge on any atom is -0.313 e. The van der Waals surface area contributed by atoms with Crippen molar-refractivity contribution in [3.05, 3.63) is 36.0 Å². The average Bonchev–Trinajstić information content (AvgIpc) is 3.30. The Morgan fingerprint density at radius 1 is 1.09 bits per heavy atom. The summed E-state index contributed by atoms with van der Waals surface area (Å²) in [5.41, 5.74) is 2.94. The molecule has 0 amide bonds. The molecule has 0 spiro atoms. The van der Waals surface area contributed by atoms with Crippen molar-refractivity contribution in [1.29, 1.82) is 0 Å². The summed E-state index contributed by atoms with van der Waals surface area (Å²) < 4.78 is 29.5. The predicted octanol–water partition coefficient (Wildman–Crippen LogP) is 11.9. The summed E-state index contributed by atoms with van der Waals surface area (Å²) in [6.07, 6.45) is 22.3. The fourth-order valence-corrected chi connectivity index (χ4v) is 12.8. The first-order chi connectivity index (χ1) is 20.8. The lowest BCUT2D eigenvalue weighted by molar-refractivity contribution is -0.708. The number of fused-ring (bicyclic) bond motifs is 5. The average molecular weight is 669 g/mol. The van der Waals surface area contributed by atoms with E-state index in [9.17, 15) is 8.78 Å². The van der Waals surface area contributed by atoms with E-state index < -0.39 is 5.25 Å². The first-order valence-electron chi connectivity index (χ1n) is 17.4. The molecule has 4 aliphatic carbocycles. The smallest absolute Gasteiger partial charge is 0.313 e. The molecule has 0 aliphatic heterocycles. The van der Waals surface area contributed by atoms with Gasteiger partial charge in [0.2, 0.25) is 5.03 Å². The van der Waals surface area contributed by atoms with Crippen LogP contribution in [0.2, 0.25) is 0 Å². The number of alkyl halides is 2. The van der Waals surface area contributed by atoms with Crippen molar-refractivity contribution in [2.24, 2.45) is 53.4 Å². The molecule has 8 unspecified atom stereocenters. The maximum atomic E-state index is 11.6. The summed E-state index contributed by atoms with van der Waals surface area (Å²) in [6.45, 7) is 13.5. The number of nitrogens with zero attached hydrogens (tertiary/aromatic N) is 1. The van der Waals surface area contributed by atoms with Crippen LogP contribution in [0.15, 0.2) is 41.1 Å². The maximum Gasteiger partial charge on any atom is 0.315 e. The Labute approximate surface area is 280 Å². The van der Waals surface area contributed by atoms with Crippen LogP contribution in [0.5, 0.6) is 0 Å². The summed E-state index contributed by atoms with van der Waals surface area (Å²) in [5.74, 6) is 5.66. The van der Waals surface area contributed by atoms with Gasteiger partial charge in [0.15, 0.2) is 6.20 Å². The quantitative estimate of drug-likeness (QED) is 0.101. The van der Waals surface area contributed by atoms with Crippen LogP contribution in [-0.4, -0.2) is 17.6 Å². The normalized spacial score (nSPS) is 33.9. The van der Waals surface area contributed by atoms with E-state index in [1.807, 2.05) is 16.4 Å². The van der Waals surface area contributed by atoms with E-state index in [0.29, 0.717) is 10.8 Å². The van der Waals surface area contributed by atoms with Crippen molar-refractivity contribution in [2.75, 3.05) is 7.11 Å². The van der Waals surface area contributed by atoms with Crippen LogP contribution in [0.3, 0.4) is 0 Å². The highest BCUT2D eigenvalue weighted by Crippen LogP contribution is 2.67. The molecular formula is C37H60F2NOS3+. The Balaban J connectivity index is 0.000000566. The molecule has 5 rings (SSSR count). The van der Waals surface area contributed by atoms with Crippen molar-refractivity contribution >= 4 is 33.6 Å². The van der Waals surface area contributed by atoms with Gasteiger partial charge in [0, 0.05) is 35.1 Å². The number of allylic oxidation sites excluding steroid dienone is 2. The molecule has 7 heteroatoms. The zero-order chi connectivity index (χ0) is 32.1. The molecule has 1 aromatic rings. The second kappa shape index (κ2) is 15.8. The number of halogens is 2. The standard InChI is InChI=1S/C34H54NS2.C3H6F2OS/c1-7-25(24(2)3)11-10-12-26-15-17-30-29-16-14-27-23-28(36-37-32-13-8-9-22-35(32)6)18-20-34(27,5)31(29)19-21-33(26,30)4;1-3(4,5)7-6-2/h8-9,13-14,22,24-26,28-31H,7,10-12,15-21,23H2,1-6H3;1-2H3/q+1;. The van der Waals surface area contributed by atoms with Crippen molar-refractivity contribution < 1.29 is 17.5 Å². The van der Waals surface area contributed by atoms with Crippen LogP contribution in [0, 0.1) is 46.3 Å². The molecular weight excluding hydrogens is 609 g/mol. The number of aryl methyl sites for hydroxylation is 1. The SMILES string of the molecule is CCC(CCCC1CCC2C3CC=C4CC(SSc5cccc[n+]5C)CCC4(C)C3CCC12C)C(C)C.COSC(C)(F)F. The van der Waals surface area contributed by atoms with Crippen molar-refractivity contribution in [3.8, 4) is 0 Å². The molecule has 250 valence electrons. The zero-order valence-corrected chi connectivity index (χ0v) is 31.2. The van der Waals surface area contributed by atoms with Gasteiger partial charge < -0.3 is 4.18 Å². The Hall–Kier alpha value is -0.240. The van der Waals surface area contributed by atoms with Gasteiger partial charge in [-0.3, -0.25) is 0 Å². The van der Waals surface area contributed by atoms with E-state index in [0.717, 1.165) is 47.7 Å². The first-order valence-corrected chi connectivity index (χ1v) is 20.3. The van der Waals surface area contributed by atoms with Crippen molar-refractivity contribution in [3.63, 3.8) is 0 Å². The number of hydrogen-bond acceptors (Lipinski definition) is 4. The molecule has 0 aromatic carbocycles. The summed E-state index contributed by atoms with van der Waals surface area (Å²) in [4.78, 5) is 0. The van der Waals surface area contributed by atoms with Crippen LogP contribution in [0.4, 0.5) is 8.78 Å². The molecule has 1 aromatic heterocycles. The van der Waals surface area contributed by atoms with Crippen LogP contribution < -0.4 is 4.57 Å². The molecule has 0 bridgehead atoms. The summed E-state index contributed by atoms with van der Waals surface area (Å²) in [5, 5.41) is -0.617. The maximum absolute atomic E-state index is 11.6. The molecule has 1 heterocycles. The third kappa shape index (κ3) is 8.61. The largest absolute Gasteiger partial charge is 0.315 e. The van der Waals surface area contributed by atoms with Crippen LogP contribution in [0.1, 0.15) is 119 Å². The highest BCUT2D eigenvalue weighted by Gasteiger charge is 2.58. The Morgan fingerprint density at radius 3 is 2.50 bits per heavy atom. The van der Waals surface area contributed by atoms with Crippen LogP contribution in [-0.2, 0) is 11.2 Å². The van der Waals surface area contributed by atoms with Gasteiger partial charge in [0.1, 0.15) is 7.05 Å². The van der Waals surface area contributed by atoms with Gasteiger partial charge in [-0.05, 0) is 110 Å². The van der Waals surface area contributed by atoms with Gasteiger partial charge in [-0.1, -0.05) is 76.3 Å². The van der Waals surface area contributed by atoms with Crippen LogP contribution in [0.25, 0.3) is 0 Å². The Bertz CT molecular complexity index is 1090. The minimum absolute atomic E-state index is 0.155. The molecule has 2 nitrogen and oxygen atoms in total. The van der Waals surface area contributed by atoms with Gasteiger partial charge in [0.05, 0.1) is 19.2 Å². The van der Waals surface area contributed by atoms with Gasteiger partial charge in [-0.15, -0.1) is 0 Å². The van der Waals surface area contributed by atoms with Gasteiger partial charge in [-0.2, -0.15) is 13.3 Å². The topological polar surface area (TPSA) is 13.1 Å². The molecule has 0 N–H and O–H groups in total. The monoisotopic (exact) mass is 668 g/mol. The lowest BCUT2D eigenvalue weighted by Gasteiger charge is -2.58. The summed E-state index contributed by atoms with van der Waals surface area (Å²) in [6, 6.07) is 6.55. The Morgan fingerprint density at radius 2 is 1.86 bits per heavy atom. The minimum atomic E-state index is -2.76. The number of aromatic nitrogens is 1. The van der Waals surface area contributed by atoms with Gasteiger partial charge >= 0.3 is 5.25 Å². The van der Waals surface area contributed by atoms with Crippen molar-refractivity contribution in [1.82, 2.24) is 0 Å². The number of hydrogen-bond donors (Lipinski definition) is 0. The second-order valence-electron chi connectivity index (χ2n) is 15.2. The van der Waals surface area contributed by atoms with E-state index in [-0.39, 0.29) is 12.0 Å². The third-order valence-corrected chi connectivity index (χ3v) is 15.8. The molecule has 0 saturated heterocycles. The number of pyridine rings is 1. The molecule has 0 radical (unpaired) electrons. The van der Waals surface area contributed by atoms with E-state index in [4.69, 9.17) is 0 Å². The molecule has 8 atom stereocenters. The van der Waals surface area contributed by atoms with Crippen LogP contribution >= 0.6 is 33.6 Å². The van der Waals surface area contributed by atoms with E-state index >= 15 is 0 Å². The fourth-order valence-electron chi connectivity index (χ4n) is 9.79. The van der Waals surface area contributed by atoms with Gasteiger partial charge in [0.25, 0.3) is 0 Å². The highest BCUT2D eigenvalue weighted by molar-refractivity contribution is 8.76. The van der Waals surface area contributed by atoms with E-state index in [2.05, 4.69) is 91.7 Å². The number of rotatable bonds is 11. The van der Waals surface area contributed by atoms with E-state index in [1.54, 1.807) is 0 Å². The fraction of sp³-hybridized carbons (Fsp3) is 0.811. The molecule has 3 saturated carbocycles. The van der Waals surface area contributed by atoms with Gasteiger partial charge in [-0.25, -0.2) is 0 Å². The first kappa shape index (κ1) is 36.6. The van der Waals surface area contributed by atoms with Crippen molar-refractivity contribution in [2.45, 2.75) is 134 Å².